The van der Waals surface area contributed by atoms with Crippen molar-refractivity contribution in [3.63, 3.8) is 0 Å². The Labute approximate surface area is 132 Å². The second kappa shape index (κ2) is 6.93. The van der Waals surface area contributed by atoms with Crippen LogP contribution in [0.2, 0.25) is 0 Å². The molecular weight excluding hydrogens is 336 g/mol. The average molecular weight is 355 g/mol. The number of benzene rings is 1. The number of carboxylic acids is 1. The van der Waals surface area contributed by atoms with Crippen molar-refractivity contribution in [3.05, 3.63) is 34.3 Å². The van der Waals surface area contributed by atoms with Gasteiger partial charge in [0.25, 0.3) is 0 Å². The molecule has 2 amide bonds. The lowest BCUT2D eigenvalue weighted by Gasteiger charge is -2.35. The summed E-state index contributed by atoms with van der Waals surface area (Å²) in [5.74, 6) is -0.917. The second-order valence-corrected chi connectivity index (χ2v) is 6.22. The molecule has 1 aromatic carbocycles. The van der Waals surface area contributed by atoms with Gasteiger partial charge in [0, 0.05) is 24.6 Å². The molecule has 1 aliphatic heterocycles. The van der Waals surface area contributed by atoms with E-state index in [0.29, 0.717) is 19.5 Å². The van der Waals surface area contributed by atoms with Gasteiger partial charge in [0.1, 0.15) is 6.04 Å². The van der Waals surface area contributed by atoms with Crippen molar-refractivity contribution in [2.75, 3.05) is 13.6 Å². The van der Waals surface area contributed by atoms with Gasteiger partial charge in [-0.1, -0.05) is 28.1 Å². The minimum atomic E-state index is -0.917. The number of urea groups is 1. The molecule has 1 unspecified atom stereocenters. The molecule has 1 atom stereocenters. The zero-order chi connectivity index (χ0) is 15.4. The first-order valence-corrected chi connectivity index (χ1v) is 7.77. The number of amides is 2. The molecule has 1 N–H and O–H groups in total. The third-order valence-corrected chi connectivity index (χ3v) is 4.22. The molecule has 5 nitrogen and oxygen atoms in total. The van der Waals surface area contributed by atoms with E-state index < -0.39 is 12.0 Å². The minimum absolute atomic E-state index is 0.218. The van der Waals surface area contributed by atoms with Crippen molar-refractivity contribution in [2.45, 2.75) is 31.8 Å². The summed E-state index contributed by atoms with van der Waals surface area (Å²) in [5.41, 5.74) is 1.01. The van der Waals surface area contributed by atoms with E-state index in [-0.39, 0.29) is 6.03 Å². The molecule has 0 aliphatic carbocycles. The van der Waals surface area contributed by atoms with E-state index in [9.17, 15) is 14.7 Å². The lowest BCUT2D eigenvalue weighted by atomic mass is 10.0. The molecule has 0 bridgehead atoms. The SMILES string of the molecule is CN(Cc1ccc(Br)cc1)C(=O)N1CCCCC1C(=O)O. The van der Waals surface area contributed by atoms with Gasteiger partial charge in [0.05, 0.1) is 0 Å². The van der Waals surface area contributed by atoms with Crippen molar-refractivity contribution < 1.29 is 14.7 Å². The largest absolute Gasteiger partial charge is 0.480 e. The van der Waals surface area contributed by atoms with Crippen molar-refractivity contribution in [1.29, 1.82) is 0 Å². The number of halogens is 1. The molecule has 0 aromatic heterocycles. The number of piperidine rings is 1. The number of carbonyl (C=O) groups is 2. The van der Waals surface area contributed by atoms with Crippen LogP contribution in [0.15, 0.2) is 28.7 Å². The molecule has 1 heterocycles. The fourth-order valence-corrected chi connectivity index (χ4v) is 2.83. The zero-order valence-electron chi connectivity index (χ0n) is 12.0. The van der Waals surface area contributed by atoms with Gasteiger partial charge in [0.2, 0.25) is 0 Å². The number of nitrogens with zero attached hydrogens (tertiary/aromatic N) is 2. The zero-order valence-corrected chi connectivity index (χ0v) is 13.5. The van der Waals surface area contributed by atoms with Gasteiger partial charge in [-0.25, -0.2) is 9.59 Å². The summed E-state index contributed by atoms with van der Waals surface area (Å²) >= 11 is 3.37. The highest BCUT2D eigenvalue weighted by molar-refractivity contribution is 9.10. The van der Waals surface area contributed by atoms with E-state index in [4.69, 9.17) is 0 Å². The Hall–Kier alpha value is -1.56. The van der Waals surface area contributed by atoms with Crippen molar-refractivity contribution in [3.8, 4) is 0 Å². The van der Waals surface area contributed by atoms with Gasteiger partial charge < -0.3 is 14.9 Å². The first-order valence-electron chi connectivity index (χ1n) is 6.98. The highest BCUT2D eigenvalue weighted by atomic mass is 79.9. The van der Waals surface area contributed by atoms with E-state index in [0.717, 1.165) is 22.9 Å². The fourth-order valence-electron chi connectivity index (χ4n) is 2.57. The topological polar surface area (TPSA) is 60.9 Å². The Kier molecular flexibility index (Phi) is 5.22. The summed E-state index contributed by atoms with van der Waals surface area (Å²) in [6, 6.07) is 6.82. The van der Waals surface area contributed by atoms with Gasteiger partial charge in [-0.3, -0.25) is 0 Å². The summed E-state index contributed by atoms with van der Waals surface area (Å²) in [6.45, 7) is 0.982. The van der Waals surface area contributed by atoms with Crippen LogP contribution in [0.1, 0.15) is 24.8 Å². The Morgan fingerprint density at radius 2 is 2.00 bits per heavy atom. The van der Waals surface area contributed by atoms with E-state index in [1.54, 1.807) is 11.9 Å². The number of aliphatic carboxylic acids is 1. The van der Waals surface area contributed by atoms with E-state index in [1.165, 1.54) is 4.90 Å². The molecule has 0 spiro atoms. The van der Waals surface area contributed by atoms with Crippen LogP contribution in [-0.4, -0.2) is 46.5 Å². The van der Waals surface area contributed by atoms with Crippen LogP contribution in [0.25, 0.3) is 0 Å². The predicted molar refractivity (Wildman–Crippen MR) is 83.0 cm³/mol. The van der Waals surface area contributed by atoms with Gasteiger partial charge in [-0.05, 0) is 37.0 Å². The van der Waals surface area contributed by atoms with Crippen LogP contribution in [0, 0.1) is 0 Å². The highest BCUT2D eigenvalue weighted by Crippen LogP contribution is 2.19. The standard InChI is InChI=1S/C15H19BrN2O3/c1-17(10-11-5-7-12(16)8-6-11)15(21)18-9-3-2-4-13(18)14(19)20/h5-8,13H,2-4,9-10H2,1H3,(H,19,20). The summed E-state index contributed by atoms with van der Waals surface area (Å²) in [4.78, 5) is 26.8. The van der Waals surface area contributed by atoms with Gasteiger partial charge in [-0.2, -0.15) is 0 Å². The van der Waals surface area contributed by atoms with Gasteiger partial charge >= 0.3 is 12.0 Å². The monoisotopic (exact) mass is 354 g/mol. The molecule has 114 valence electrons. The highest BCUT2D eigenvalue weighted by Gasteiger charge is 2.33. The summed E-state index contributed by atoms with van der Waals surface area (Å²) in [6.07, 6.45) is 2.26. The molecular formula is C15H19BrN2O3. The Balaban J connectivity index is 2.03. The molecule has 2 rings (SSSR count). The summed E-state index contributed by atoms with van der Waals surface area (Å²) in [5, 5.41) is 9.24. The Bertz CT molecular complexity index is 518. The first-order chi connectivity index (χ1) is 9.99. The Morgan fingerprint density at radius 3 is 2.62 bits per heavy atom. The van der Waals surface area contributed by atoms with E-state index >= 15 is 0 Å². The summed E-state index contributed by atoms with van der Waals surface area (Å²) < 4.78 is 0.988. The predicted octanol–water partition coefficient (Wildman–Crippen LogP) is 2.94. The normalized spacial score (nSPS) is 18.4. The minimum Gasteiger partial charge on any atom is -0.480 e. The van der Waals surface area contributed by atoms with Crippen LogP contribution >= 0.6 is 15.9 Å². The number of carboxylic acid groups (broad SMARTS) is 1. The third kappa shape index (κ3) is 3.97. The maximum Gasteiger partial charge on any atom is 0.326 e. The van der Waals surface area contributed by atoms with E-state index in [2.05, 4.69) is 15.9 Å². The molecule has 21 heavy (non-hydrogen) atoms. The molecule has 6 heteroatoms. The molecule has 0 saturated carbocycles. The van der Waals surface area contributed by atoms with Gasteiger partial charge in [-0.15, -0.1) is 0 Å². The van der Waals surface area contributed by atoms with Crippen LogP contribution in [0.5, 0.6) is 0 Å². The van der Waals surface area contributed by atoms with Crippen LogP contribution < -0.4 is 0 Å². The number of hydrogen-bond donors (Lipinski definition) is 1. The Morgan fingerprint density at radius 1 is 1.33 bits per heavy atom. The lowest BCUT2D eigenvalue weighted by molar-refractivity contribution is -0.143. The smallest absolute Gasteiger partial charge is 0.326 e. The number of carbonyl (C=O) groups excluding carboxylic acids is 1. The molecule has 1 fully saturated rings. The van der Waals surface area contributed by atoms with E-state index in [1.807, 2.05) is 24.3 Å². The van der Waals surface area contributed by atoms with Gasteiger partial charge in [0.15, 0.2) is 0 Å². The van der Waals surface area contributed by atoms with Crippen molar-refractivity contribution in [1.82, 2.24) is 9.80 Å². The van der Waals surface area contributed by atoms with Crippen LogP contribution in [-0.2, 0) is 11.3 Å². The molecule has 0 radical (unpaired) electrons. The second-order valence-electron chi connectivity index (χ2n) is 5.31. The summed E-state index contributed by atoms with van der Waals surface area (Å²) in [7, 11) is 1.71. The fraction of sp³-hybridized carbons (Fsp3) is 0.467. The van der Waals surface area contributed by atoms with Crippen molar-refractivity contribution in [2.24, 2.45) is 0 Å². The molecule has 1 aliphatic rings. The number of likely N-dealkylation sites (tertiary alicyclic amines) is 1. The quantitative estimate of drug-likeness (QED) is 0.907. The number of hydrogen-bond acceptors (Lipinski definition) is 2. The maximum absolute atomic E-state index is 12.5. The maximum atomic E-state index is 12.5. The molecule has 1 aromatic rings. The average Bonchev–Trinajstić information content (AvgIpc) is 2.48. The first kappa shape index (κ1) is 15.8. The van der Waals surface area contributed by atoms with Crippen LogP contribution in [0.4, 0.5) is 4.79 Å². The third-order valence-electron chi connectivity index (χ3n) is 3.69. The number of rotatable bonds is 3. The lowest BCUT2D eigenvalue weighted by Crippen LogP contribution is -2.52. The molecule has 1 saturated heterocycles. The van der Waals surface area contributed by atoms with Crippen molar-refractivity contribution >= 4 is 27.9 Å². The van der Waals surface area contributed by atoms with Crippen LogP contribution in [0.3, 0.4) is 0 Å².